The Balaban J connectivity index is 2.89. The largest absolute Gasteiger partial charge is 0.435 e. The Morgan fingerprint density at radius 1 is 1.45 bits per heavy atom. The molecule has 20 heavy (non-hydrogen) atoms. The molecule has 0 saturated heterocycles. The zero-order valence-corrected chi connectivity index (χ0v) is 11.8. The van der Waals surface area contributed by atoms with Crippen molar-refractivity contribution < 1.29 is 23.4 Å². The predicted octanol–water partition coefficient (Wildman–Crippen LogP) is 2.52. The number of ether oxygens (including phenoxy) is 1. The highest BCUT2D eigenvalue weighted by Gasteiger charge is 2.22. The Kier molecular flexibility index (Phi) is 5.44. The molecule has 0 unspecified atom stereocenters. The Hall–Kier alpha value is -1.69. The smallest absolute Gasteiger partial charge is 0.387 e. The summed E-state index contributed by atoms with van der Waals surface area (Å²) in [5.74, 6) is -0.403. The van der Waals surface area contributed by atoms with Gasteiger partial charge >= 0.3 is 6.61 Å². The van der Waals surface area contributed by atoms with E-state index in [9.17, 15) is 18.7 Å². The van der Waals surface area contributed by atoms with Crippen LogP contribution in [0.4, 0.5) is 8.78 Å². The van der Waals surface area contributed by atoms with Crippen molar-refractivity contribution >= 4 is 5.91 Å². The molecular formula is C14H19F2NO3. The number of aliphatic hydroxyl groups is 1. The number of halogens is 2. The van der Waals surface area contributed by atoms with E-state index in [1.54, 1.807) is 20.8 Å². The second-order valence-corrected chi connectivity index (χ2v) is 5.04. The number of alkyl halides is 2. The van der Waals surface area contributed by atoms with Crippen molar-refractivity contribution in [1.82, 2.24) is 4.90 Å². The van der Waals surface area contributed by atoms with Crippen LogP contribution < -0.4 is 4.74 Å². The number of hydrogen-bond acceptors (Lipinski definition) is 3. The number of benzene rings is 1. The summed E-state index contributed by atoms with van der Waals surface area (Å²) >= 11 is 0. The molecule has 0 atom stereocenters. The lowest BCUT2D eigenvalue weighted by Gasteiger charge is -2.28. The van der Waals surface area contributed by atoms with Gasteiger partial charge in [-0.25, -0.2) is 0 Å². The minimum atomic E-state index is -2.93. The second-order valence-electron chi connectivity index (χ2n) is 5.04. The van der Waals surface area contributed by atoms with Crippen molar-refractivity contribution in [2.75, 3.05) is 13.1 Å². The Bertz CT molecular complexity index is 458. The average molecular weight is 287 g/mol. The molecule has 1 rings (SSSR count). The first-order chi connectivity index (χ1) is 9.23. The Morgan fingerprint density at radius 3 is 2.60 bits per heavy atom. The predicted molar refractivity (Wildman–Crippen MR) is 70.9 cm³/mol. The van der Waals surface area contributed by atoms with Crippen molar-refractivity contribution in [2.45, 2.75) is 33.0 Å². The Morgan fingerprint density at radius 2 is 2.10 bits per heavy atom. The van der Waals surface area contributed by atoms with Crippen molar-refractivity contribution in [2.24, 2.45) is 0 Å². The number of carbonyl (C=O) groups is 1. The van der Waals surface area contributed by atoms with E-state index in [1.165, 1.54) is 29.2 Å². The Labute approximate surface area is 117 Å². The van der Waals surface area contributed by atoms with Gasteiger partial charge in [0.05, 0.1) is 5.60 Å². The number of likely N-dealkylation sites (N-methyl/N-ethyl adjacent to an activating group) is 1. The third-order valence-electron chi connectivity index (χ3n) is 2.55. The van der Waals surface area contributed by atoms with Crippen LogP contribution in [0.25, 0.3) is 0 Å². The molecule has 1 amide bonds. The normalized spacial score (nSPS) is 11.6. The lowest BCUT2D eigenvalue weighted by molar-refractivity contribution is -0.0499. The number of carbonyl (C=O) groups excluding carboxylic acids is 1. The van der Waals surface area contributed by atoms with Gasteiger partial charge in [0, 0.05) is 18.7 Å². The molecule has 0 radical (unpaired) electrons. The second kappa shape index (κ2) is 6.65. The minimum Gasteiger partial charge on any atom is -0.435 e. The zero-order chi connectivity index (χ0) is 15.3. The number of nitrogens with zero attached hydrogens (tertiary/aromatic N) is 1. The minimum absolute atomic E-state index is 0.0647. The van der Waals surface area contributed by atoms with E-state index < -0.39 is 12.2 Å². The highest BCUT2D eigenvalue weighted by Crippen LogP contribution is 2.18. The van der Waals surface area contributed by atoms with E-state index in [2.05, 4.69) is 4.74 Å². The molecule has 4 nitrogen and oxygen atoms in total. The van der Waals surface area contributed by atoms with E-state index in [0.717, 1.165) is 0 Å². The van der Waals surface area contributed by atoms with Crippen LogP contribution in [-0.2, 0) is 0 Å². The number of hydrogen-bond donors (Lipinski definition) is 1. The third kappa shape index (κ3) is 5.13. The molecule has 0 aliphatic carbocycles. The van der Waals surface area contributed by atoms with Crippen LogP contribution in [0, 0.1) is 0 Å². The van der Waals surface area contributed by atoms with Gasteiger partial charge in [0.15, 0.2) is 0 Å². The van der Waals surface area contributed by atoms with E-state index in [0.29, 0.717) is 6.54 Å². The molecule has 0 saturated carbocycles. The van der Waals surface area contributed by atoms with Crippen LogP contribution in [0.15, 0.2) is 24.3 Å². The summed E-state index contributed by atoms with van der Waals surface area (Å²) in [6.07, 6.45) is 0. The molecule has 0 aromatic heterocycles. The van der Waals surface area contributed by atoms with Gasteiger partial charge in [0.1, 0.15) is 5.75 Å². The summed E-state index contributed by atoms with van der Waals surface area (Å²) in [7, 11) is 0. The lowest BCUT2D eigenvalue weighted by Crippen LogP contribution is -2.42. The van der Waals surface area contributed by atoms with Gasteiger partial charge in [-0.1, -0.05) is 6.07 Å². The van der Waals surface area contributed by atoms with E-state index in [-0.39, 0.29) is 23.8 Å². The lowest BCUT2D eigenvalue weighted by atomic mass is 10.1. The highest BCUT2D eigenvalue weighted by molar-refractivity contribution is 5.94. The standard InChI is InChI=1S/C14H19F2NO3/c1-4-17(9-14(2,3)19)12(18)10-6-5-7-11(8-10)20-13(15)16/h5-8,13,19H,4,9H2,1-3H3. The first kappa shape index (κ1) is 16.4. The molecule has 0 aliphatic heterocycles. The van der Waals surface area contributed by atoms with Crippen molar-refractivity contribution in [3.05, 3.63) is 29.8 Å². The first-order valence-electron chi connectivity index (χ1n) is 6.29. The maximum Gasteiger partial charge on any atom is 0.387 e. The van der Waals surface area contributed by atoms with Gasteiger partial charge in [0.2, 0.25) is 0 Å². The SMILES string of the molecule is CCN(CC(C)(C)O)C(=O)c1cccc(OC(F)F)c1. The topological polar surface area (TPSA) is 49.8 Å². The van der Waals surface area contributed by atoms with E-state index in [1.807, 2.05) is 0 Å². The van der Waals surface area contributed by atoms with Crippen molar-refractivity contribution in [1.29, 1.82) is 0 Å². The van der Waals surface area contributed by atoms with Crippen LogP contribution in [0.3, 0.4) is 0 Å². The van der Waals surface area contributed by atoms with Gasteiger partial charge in [0.25, 0.3) is 5.91 Å². The van der Waals surface area contributed by atoms with Crippen molar-refractivity contribution in [3.63, 3.8) is 0 Å². The number of amides is 1. The summed E-state index contributed by atoms with van der Waals surface area (Å²) in [5, 5.41) is 9.77. The van der Waals surface area contributed by atoms with Crippen LogP contribution in [0.1, 0.15) is 31.1 Å². The molecule has 1 N–H and O–H groups in total. The van der Waals surface area contributed by atoms with Crippen LogP contribution in [0.5, 0.6) is 5.75 Å². The quantitative estimate of drug-likeness (QED) is 0.874. The van der Waals surface area contributed by atoms with Crippen molar-refractivity contribution in [3.8, 4) is 5.75 Å². The van der Waals surface area contributed by atoms with E-state index >= 15 is 0 Å². The van der Waals surface area contributed by atoms with Crippen LogP contribution >= 0.6 is 0 Å². The molecule has 1 aromatic rings. The monoisotopic (exact) mass is 287 g/mol. The molecule has 1 aromatic carbocycles. The maximum atomic E-state index is 12.3. The summed E-state index contributed by atoms with van der Waals surface area (Å²) in [4.78, 5) is 13.7. The molecular weight excluding hydrogens is 268 g/mol. The maximum absolute atomic E-state index is 12.3. The van der Waals surface area contributed by atoms with Crippen LogP contribution in [0.2, 0.25) is 0 Å². The fraction of sp³-hybridized carbons (Fsp3) is 0.500. The van der Waals surface area contributed by atoms with Gasteiger partial charge in [-0.15, -0.1) is 0 Å². The molecule has 0 aliphatic rings. The van der Waals surface area contributed by atoms with Crippen LogP contribution in [-0.4, -0.2) is 41.2 Å². The molecule has 0 bridgehead atoms. The van der Waals surface area contributed by atoms with E-state index in [4.69, 9.17) is 0 Å². The van der Waals surface area contributed by atoms with Gasteiger partial charge in [-0.2, -0.15) is 8.78 Å². The number of rotatable bonds is 6. The van der Waals surface area contributed by atoms with Gasteiger partial charge < -0.3 is 14.7 Å². The highest BCUT2D eigenvalue weighted by atomic mass is 19.3. The molecule has 6 heteroatoms. The van der Waals surface area contributed by atoms with Gasteiger partial charge in [-0.05, 0) is 39.0 Å². The third-order valence-corrected chi connectivity index (χ3v) is 2.55. The molecule has 0 spiro atoms. The molecule has 0 heterocycles. The summed E-state index contributed by atoms with van der Waals surface area (Å²) in [5.41, 5.74) is -0.780. The fourth-order valence-corrected chi connectivity index (χ4v) is 1.78. The first-order valence-corrected chi connectivity index (χ1v) is 6.29. The summed E-state index contributed by atoms with van der Waals surface area (Å²) < 4.78 is 28.6. The summed E-state index contributed by atoms with van der Waals surface area (Å²) in [6.45, 7) is 2.60. The van der Waals surface area contributed by atoms with Gasteiger partial charge in [-0.3, -0.25) is 4.79 Å². The average Bonchev–Trinajstić information content (AvgIpc) is 2.33. The molecule has 0 fully saturated rings. The summed E-state index contributed by atoms with van der Waals surface area (Å²) in [6, 6.07) is 5.62. The fourth-order valence-electron chi connectivity index (χ4n) is 1.78. The zero-order valence-electron chi connectivity index (χ0n) is 11.8. The molecule has 112 valence electrons.